The van der Waals surface area contributed by atoms with Gasteiger partial charge in [-0.1, -0.05) is 46.6 Å². The van der Waals surface area contributed by atoms with Crippen molar-refractivity contribution < 1.29 is 14.3 Å². The fourth-order valence-corrected chi connectivity index (χ4v) is 1.35. The quantitative estimate of drug-likeness (QED) is 0.284. The molecule has 0 aliphatic rings. The van der Waals surface area contributed by atoms with Gasteiger partial charge in [0, 0.05) is 5.57 Å². The Balaban J connectivity index is 3.74. The van der Waals surface area contributed by atoms with Crippen LogP contribution >= 0.6 is 0 Å². The third kappa shape index (κ3) is 10.3. The van der Waals surface area contributed by atoms with E-state index in [1.165, 1.54) is 12.8 Å². The minimum Gasteiger partial charge on any atom is -0.435 e. The van der Waals surface area contributed by atoms with E-state index in [0.717, 1.165) is 12.8 Å². The van der Waals surface area contributed by atoms with Crippen molar-refractivity contribution >= 4 is 5.97 Å². The summed E-state index contributed by atoms with van der Waals surface area (Å²) < 4.78 is 10.3. The van der Waals surface area contributed by atoms with E-state index in [4.69, 9.17) is 9.47 Å². The lowest BCUT2D eigenvalue weighted by Gasteiger charge is -2.17. The van der Waals surface area contributed by atoms with Gasteiger partial charge in [-0.05, 0) is 25.2 Å². The van der Waals surface area contributed by atoms with Crippen molar-refractivity contribution in [2.75, 3.05) is 13.4 Å². The van der Waals surface area contributed by atoms with E-state index in [9.17, 15) is 4.79 Å². The second kappa shape index (κ2) is 9.15. The lowest BCUT2D eigenvalue weighted by atomic mass is 9.99. The first-order chi connectivity index (χ1) is 8.37. The molecule has 0 fully saturated rings. The lowest BCUT2D eigenvalue weighted by Crippen LogP contribution is -2.17. The number of hydrogen-bond donors (Lipinski definition) is 0. The third-order valence-corrected chi connectivity index (χ3v) is 2.39. The molecule has 0 spiro atoms. The van der Waals surface area contributed by atoms with Crippen LogP contribution in [-0.2, 0) is 14.3 Å². The molecule has 0 atom stereocenters. The first kappa shape index (κ1) is 17.2. The molecule has 0 aromatic carbocycles. The Morgan fingerprint density at radius 3 is 2.44 bits per heavy atom. The highest BCUT2D eigenvalue weighted by Crippen LogP contribution is 2.12. The summed E-state index contributed by atoms with van der Waals surface area (Å²) in [5.74, 6) is -0.277. The predicted molar refractivity (Wildman–Crippen MR) is 74.3 cm³/mol. The molecule has 0 saturated carbocycles. The molecule has 106 valence electrons. The molecular formula is C15H28O3. The maximum atomic E-state index is 11.6. The van der Waals surface area contributed by atoms with Gasteiger partial charge in [0.2, 0.25) is 0 Å². The molecule has 0 radical (unpaired) electrons. The average Bonchev–Trinajstić information content (AvgIpc) is 2.28. The summed E-state index contributed by atoms with van der Waals surface area (Å²) in [6.45, 7) is 10.8. The molecule has 3 heteroatoms. The molecule has 0 aromatic rings. The molecule has 0 amide bonds. The fraction of sp³-hybridized carbons (Fsp3) is 0.800. The Bertz CT molecular complexity index is 261. The van der Waals surface area contributed by atoms with Crippen molar-refractivity contribution in [1.29, 1.82) is 0 Å². The minimum atomic E-state index is -0.277. The first-order valence-electron chi connectivity index (χ1n) is 6.78. The predicted octanol–water partition coefficient (Wildman–Crippen LogP) is 4.08. The van der Waals surface area contributed by atoms with Crippen LogP contribution in [0.15, 0.2) is 11.6 Å². The van der Waals surface area contributed by atoms with Gasteiger partial charge in [0.15, 0.2) is 6.79 Å². The van der Waals surface area contributed by atoms with E-state index < -0.39 is 0 Å². The molecule has 0 aliphatic heterocycles. The summed E-state index contributed by atoms with van der Waals surface area (Å²) in [5.41, 5.74) is 0.766. The largest absolute Gasteiger partial charge is 0.435 e. The van der Waals surface area contributed by atoms with Gasteiger partial charge in [-0.25, -0.2) is 4.79 Å². The number of rotatable bonds is 8. The van der Waals surface area contributed by atoms with Crippen LogP contribution in [0.2, 0.25) is 0 Å². The van der Waals surface area contributed by atoms with Gasteiger partial charge in [-0.2, -0.15) is 0 Å². The second-order valence-corrected chi connectivity index (χ2v) is 5.84. The van der Waals surface area contributed by atoms with E-state index >= 15 is 0 Å². The number of allylic oxidation sites excluding steroid dienone is 1. The summed E-state index contributed by atoms with van der Waals surface area (Å²) in [4.78, 5) is 11.6. The maximum absolute atomic E-state index is 11.6. The van der Waals surface area contributed by atoms with Crippen LogP contribution < -0.4 is 0 Å². The summed E-state index contributed by atoms with van der Waals surface area (Å²) in [6, 6.07) is 0. The zero-order valence-electron chi connectivity index (χ0n) is 12.5. The van der Waals surface area contributed by atoms with E-state index in [1.807, 2.05) is 6.08 Å². The molecular weight excluding hydrogens is 228 g/mol. The summed E-state index contributed by atoms with van der Waals surface area (Å²) in [6.07, 6.45) is 6.41. The summed E-state index contributed by atoms with van der Waals surface area (Å²) >= 11 is 0. The molecule has 0 saturated heterocycles. The van der Waals surface area contributed by atoms with E-state index in [-0.39, 0.29) is 18.2 Å². The Labute approximate surface area is 112 Å². The molecule has 0 aromatic heterocycles. The zero-order valence-corrected chi connectivity index (χ0v) is 12.5. The third-order valence-electron chi connectivity index (χ3n) is 2.39. The van der Waals surface area contributed by atoms with Gasteiger partial charge in [-0.3, -0.25) is 0 Å². The van der Waals surface area contributed by atoms with Crippen molar-refractivity contribution in [3.63, 3.8) is 0 Å². The van der Waals surface area contributed by atoms with Crippen molar-refractivity contribution in [1.82, 2.24) is 0 Å². The zero-order chi connectivity index (χ0) is 14.0. The Morgan fingerprint density at radius 1 is 1.22 bits per heavy atom. The maximum Gasteiger partial charge on any atom is 0.335 e. The van der Waals surface area contributed by atoms with Gasteiger partial charge in [0.25, 0.3) is 0 Å². The van der Waals surface area contributed by atoms with Crippen LogP contribution in [0.5, 0.6) is 0 Å². The number of ether oxygens (including phenoxy) is 2. The van der Waals surface area contributed by atoms with Gasteiger partial charge in [-0.15, -0.1) is 0 Å². The highest BCUT2D eigenvalue weighted by Gasteiger charge is 2.11. The molecule has 3 nitrogen and oxygen atoms in total. The van der Waals surface area contributed by atoms with Gasteiger partial charge in [0.05, 0.1) is 6.61 Å². The number of carbonyl (C=O) groups excluding carboxylic acids is 1. The van der Waals surface area contributed by atoms with Crippen molar-refractivity contribution in [2.24, 2.45) is 5.41 Å². The van der Waals surface area contributed by atoms with Gasteiger partial charge >= 0.3 is 5.97 Å². The molecule has 0 unspecified atom stereocenters. The Morgan fingerprint density at radius 2 is 1.89 bits per heavy atom. The van der Waals surface area contributed by atoms with Crippen LogP contribution in [-0.4, -0.2) is 19.4 Å². The van der Waals surface area contributed by atoms with Crippen LogP contribution in [0.1, 0.15) is 60.3 Å². The number of unbranched alkanes of at least 4 members (excludes halogenated alkanes) is 3. The highest BCUT2D eigenvalue weighted by molar-refractivity contribution is 5.87. The standard InChI is InChI=1S/C15H28O3/c1-6-7-8-9-10-13(2)14(16)18-12-17-11-15(3,4)5/h10H,6-9,11-12H2,1-5H3. The average molecular weight is 256 g/mol. The van der Waals surface area contributed by atoms with E-state index in [1.54, 1.807) is 6.92 Å². The van der Waals surface area contributed by atoms with Crippen LogP contribution in [0, 0.1) is 5.41 Å². The molecule has 18 heavy (non-hydrogen) atoms. The molecule has 0 bridgehead atoms. The van der Waals surface area contributed by atoms with E-state index in [0.29, 0.717) is 12.2 Å². The number of hydrogen-bond acceptors (Lipinski definition) is 3. The molecule has 0 heterocycles. The Kier molecular flexibility index (Phi) is 8.73. The van der Waals surface area contributed by atoms with Gasteiger partial charge < -0.3 is 9.47 Å². The second-order valence-electron chi connectivity index (χ2n) is 5.84. The van der Waals surface area contributed by atoms with Crippen molar-refractivity contribution in [3.05, 3.63) is 11.6 Å². The smallest absolute Gasteiger partial charge is 0.335 e. The highest BCUT2D eigenvalue weighted by atomic mass is 16.7. The molecule has 0 aliphatic carbocycles. The van der Waals surface area contributed by atoms with Crippen molar-refractivity contribution in [2.45, 2.75) is 60.3 Å². The van der Waals surface area contributed by atoms with Crippen LogP contribution in [0.4, 0.5) is 0 Å². The Hall–Kier alpha value is -0.830. The van der Waals surface area contributed by atoms with Crippen LogP contribution in [0.3, 0.4) is 0 Å². The fourth-order valence-electron chi connectivity index (χ4n) is 1.35. The van der Waals surface area contributed by atoms with E-state index in [2.05, 4.69) is 27.7 Å². The molecule has 0 rings (SSSR count). The normalized spacial score (nSPS) is 12.6. The monoisotopic (exact) mass is 256 g/mol. The molecule has 0 N–H and O–H groups in total. The SMILES string of the molecule is CCCCCC=C(C)C(=O)OCOCC(C)(C)C. The topological polar surface area (TPSA) is 35.5 Å². The number of esters is 1. The lowest BCUT2D eigenvalue weighted by molar-refractivity contribution is -0.153. The summed E-state index contributed by atoms with van der Waals surface area (Å²) in [5, 5.41) is 0. The van der Waals surface area contributed by atoms with Crippen molar-refractivity contribution in [3.8, 4) is 0 Å². The van der Waals surface area contributed by atoms with Gasteiger partial charge in [0.1, 0.15) is 0 Å². The van der Waals surface area contributed by atoms with Crippen LogP contribution in [0.25, 0.3) is 0 Å². The first-order valence-corrected chi connectivity index (χ1v) is 6.78. The number of carbonyl (C=O) groups is 1. The minimum absolute atomic E-state index is 0.0379. The summed E-state index contributed by atoms with van der Waals surface area (Å²) in [7, 11) is 0.